The molecule has 3 rings (SSSR count). The average Bonchev–Trinajstić information content (AvgIpc) is 3.01. The summed E-state index contributed by atoms with van der Waals surface area (Å²) in [6, 6.07) is 1.97. The van der Waals surface area contributed by atoms with Gasteiger partial charge in [0.15, 0.2) is 0 Å². The van der Waals surface area contributed by atoms with Gasteiger partial charge >= 0.3 is 0 Å². The molecule has 2 aliphatic rings. The number of hydrogen-bond donors (Lipinski definition) is 1. The second-order valence-corrected chi connectivity index (χ2v) is 5.89. The third-order valence-corrected chi connectivity index (χ3v) is 4.37. The number of aryl methyl sites for hydroxylation is 1. The standard InChI is InChI=1S/C15H23N3O/c1-12-17-9-5-13(18-12)10-16-11-14-4-8-15(19-14)6-2-3-7-15/h5,9,14,16H,2-4,6-8,10-11H2,1H3. The topological polar surface area (TPSA) is 47.0 Å². The van der Waals surface area contributed by atoms with Gasteiger partial charge in [-0.2, -0.15) is 0 Å². The van der Waals surface area contributed by atoms with Crippen LogP contribution in [0, 0.1) is 6.92 Å². The highest BCUT2D eigenvalue weighted by Crippen LogP contribution is 2.43. The fourth-order valence-corrected chi connectivity index (χ4v) is 3.39. The number of aromatic nitrogens is 2. The van der Waals surface area contributed by atoms with Crippen LogP contribution in [0.25, 0.3) is 0 Å². The molecule has 104 valence electrons. The molecule has 2 fully saturated rings. The Labute approximate surface area is 115 Å². The highest BCUT2D eigenvalue weighted by Gasteiger charge is 2.41. The fourth-order valence-electron chi connectivity index (χ4n) is 3.39. The van der Waals surface area contributed by atoms with Gasteiger partial charge in [-0.15, -0.1) is 0 Å². The molecule has 1 spiro atoms. The van der Waals surface area contributed by atoms with Crippen molar-refractivity contribution in [1.29, 1.82) is 0 Å². The van der Waals surface area contributed by atoms with E-state index >= 15 is 0 Å². The monoisotopic (exact) mass is 261 g/mol. The van der Waals surface area contributed by atoms with Crippen LogP contribution >= 0.6 is 0 Å². The van der Waals surface area contributed by atoms with Crippen molar-refractivity contribution in [2.24, 2.45) is 0 Å². The molecule has 1 aromatic heterocycles. The second-order valence-electron chi connectivity index (χ2n) is 5.89. The number of nitrogens with zero attached hydrogens (tertiary/aromatic N) is 2. The Bertz CT molecular complexity index is 429. The van der Waals surface area contributed by atoms with E-state index in [1.807, 2.05) is 19.2 Å². The van der Waals surface area contributed by atoms with Crippen LogP contribution in [0.5, 0.6) is 0 Å². The Hall–Kier alpha value is -1.00. The van der Waals surface area contributed by atoms with Crippen molar-refractivity contribution in [3.63, 3.8) is 0 Å². The zero-order valence-electron chi connectivity index (χ0n) is 11.7. The van der Waals surface area contributed by atoms with Crippen molar-refractivity contribution in [2.75, 3.05) is 6.54 Å². The molecule has 4 heteroatoms. The van der Waals surface area contributed by atoms with Crippen molar-refractivity contribution in [2.45, 2.75) is 63.7 Å². The van der Waals surface area contributed by atoms with Gasteiger partial charge in [-0.1, -0.05) is 12.8 Å². The fraction of sp³-hybridized carbons (Fsp3) is 0.733. The van der Waals surface area contributed by atoms with Gasteiger partial charge in [0.05, 0.1) is 17.4 Å². The van der Waals surface area contributed by atoms with Crippen molar-refractivity contribution in [3.8, 4) is 0 Å². The minimum absolute atomic E-state index is 0.248. The first-order valence-electron chi connectivity index (χ1n) is 7.43. The molecule has 1 unspecified atom stereocenters. The molecule has 0 aromatic carbocycles. The maximum Gasteiger partial charge on any atom is 0.125 e. The maximum atomic E-state index is 6.28. The van der Waals surface area contributed by atoms with Gasteiger partial charge in [0.2, 0.25) is 0 Å². The number of rotatable bonds is 4. The number of ether oxygens (including phenoxy) is 1. The molecule has 4 nitrogen and oxygen atoms in total. The Balaban J connectivity index is 1.43. The normalized spacial score (nSPS) is 25.2. The van der Waals surface area contributed by atoms with E-state index in [0.717, 1.165) is 24.6 Å². The smallest absolute Gasteiger partial charge is 0.125 e. The van der Waals surface area contributed by atoms with E-state index < -0.39 is 0 Å². The van der Waals surface area contributed by atoms with Gasteiger partial charge in [-0.3, -0.25) is 0 Å². The highest BCUT2D eigenvalue weighted by molar-refractivity contribution is 5.01. The van der Waals surface area contributed by atoms with Crippen LogP contribution in [-0.4, -0.2) is 28.2 Å². The zero-order valence-corrected chi connectivity index (χ0v) is 11.7. The average molecular weight is 261 g/mol. The SMILES string of the molecule is Cc1nccc(CNCC2CCC3(CCCC3)O2)n1. The molecule has 1 atom stereocenters. The quantitative estimate of drug-likeness (QED) is 0.904. The summed E-state index contributed by atoms with van der Waals surface area (Å²) in [5.41, 5.74) is 1.30. The molecule has 1 saturated carbocycles. The summed E-state index contributed by atoms with van der Waals surface area (Å²) in [7, 11) is 0. The molecular formula is C15H23N3O. The number of hydrogen-bond acceptors (Lipinski definition) is 4. The van der Waals surface area contributed by atoms with Crippen LogP contribution in [0.4, 0.5) is 0 Å². The van der Waals surface area contributed by atoms with E-state index in [4.69, 9.17) is 4.74 Å². The lowest BCUT2D eigenvalue weighted by molar-refractivity contribution is -0.0351. The molecule has 19 heavy (non-hydrogen) atoms. The molecular weight excluding hydrogens is 238 g/mol. The summed E-state index contributed by atoms with van der Waals surface area (Å²) >= 11 is 0. The van der Waals surface area contributed by atoms with Gasteiger partial charge < -0.3 is 10.1 Å². The van der Waals surface area contributed by atoms with Crippen LogP contribution in [-0.2, 0) is 11.3 Å². The van der Waals surface area contributed by atoms with Gasteiger partial charge in [0, 0.05) is 19.3 Å². The predicted molar refractivity (Wildman–Crippen MR) is 73.8 cm³/mol. The predicted octanol–water partition coefficient (Wildman–Crippen LogP) is 2.37. The largest absolute Gasteiger partial charge is 0.370 e. The summed E-state index contributed by atoms with van der Waals surface area (Å²) in [5.74, 6) is 0.835. The Kier molecular flexibility index (Phi) is 3.80. The molecule has 0 amide bonds. The molecule has 0 radical (unpaired) electrons. The third kappa shape index (κ3) is 3.12. The van der Waals surface area contributed by atoms with Crippen LogP contribution < -0.4 is 5.32 Å². The number of nitrogens with one attached hydrogen (secondary N) is 1. The van der Waals surface area contributed by atoms with E-state index in [-0.39, 0.29) is 5.60 Å². The molecule has 1 aliphatic heterocycles. The minimum atomic E-state index is 0.248. The summed E-state index contributed by atoms with van der Waals surface area (Å²) in [6.45, 7) is 3.66. The summed E-state index contributed by atoms with van der Waals surface area (Å²) < 4.78 is 6.28. The Morgan fingerprint density at radius 2 is 2.21 bits per heavy atom. The van der Waals surface area contributed by atoms with Gasteiger partial charge in [-0.05, 0) is 38.7 Å². The van der Waals surface area contributed by atoms with Crippen molar-refractivity contribution in [3.05, 3.63) is 23.8 Å². The molecule has 1 saturated heterocycles. The first kappa shape index (κ1) is 13.0. The summed E-state index contributed by atoms with van der Waals surface area (Å²) in [4.78, 5) is 8.50. The van der Waals surface area contributed by atoms with Crippen molar-refractivity contribution >= 4 is 0 Å². The third-order valence-electron chi connectivity index (χ3n) is 4.37. The molecule has 0 bridgehead atoms. The molecule has 2 heterocycles. The maximum absolute atomic E-state index is 6.28. The van der Waals surface area contributed by atoms with Crippen molar-refractivity contribution in [1.82, 2.24) is 15.3 Å². The van der Waals surface area contributed by atoms with Crippen LogP contribution in [0.3, 0.4) is 0 Å². The van der Waals surface area contributed by atoms with E-state index in [0.29, 0.717) is 6.10 Å². The Morgan fingerprint density at radius 3 is 3.00 bits per heavy atom. The van der Waals surface area contributed by atoms with Crippen LogP contribution in [0.1, 0.15) is 50.0 Å². The van der Waals surface area contributed by atoms with E-state index in [2.05, 4.69) is 15.3 Å². The lowest BCUT2D eigenvalue weighted by atomic mass is 9.98. The van der Waals surface area contributed by atoms with Gasteiger partial charge in [0.1, 0.15) is 5.82 Å². The molecule has 1 N–H and O–H groups in total. The summed E-state index contributed by atoms with van der Waals surface area (Å²) in [5, 5.41) is 3.46. The Morgan fingerprint density at radius 1 is 1.37 bits per heavy atom. The highest BCUT2D eigenvalue weighted by atomic mass is 16.5. The van der Waals surface area contributed by atoms with E-state index in [1.54, 1.807) is 0 Å². The van der Waals surface area contributed by atoms with Crippen molar-refractivity contribution < 1.29 is 4.74 Å². The van der Waals surface area contributed by atoms with Crippen LogP contribution in [0.2, 0.25) is 0 Å². The summed E-state index contributed by atoms with van der Waals surface area (Å²) in [6.07, 6.45) is 9.91. The van der Waals surface area contributed by atoms with Crippen LogP contribution in [0.15, 0.2) is 12.3 Å². The minimum Gasteiger partial charge on any atom is -0.370 e. The lowest BCUT2D eigenvalue weighted by Gasteiger charge is -2.23. The zero-order chi connectivity index (χ0) is 13.1. The van der Waals surface area contributed by atoms with Gasteiger partial charge in [0.25, 0.3) is 0 Å². The molecule has 1 aromatic rings. The van der Waals surface area contributed by atoms with E-state index in [1.165, 1.54) is 38.5 Å². The first-order chi connectivity index (χ1) is 9.26. The lowest BCUT2D eigenvalue weighted by Crippen LogP contribution is -2.31. The van der Waals surface area contributed by atoms with Gasteiger partial charge in [-0.25, -0.2) is 9.97 Å². The first-order valence-corrected chi connectivity index (χ1v) is 7.43. The van der Waals surface area contributed by atoms with E-state index in [9.17, 15) is 0 Å². The second kappa shape index (κ2) is 5.55. The molecule has 1 aliphatic carbocycles.